The zero-order valence-corrected chi connectivity index (χ0v) is 26.2. The molecule has 13 nitrogen and oxygen atoms in total. The number of anilines is 1. The number of halogens is 2. The summed E-state index contributed by atoms with van der Waals surface area (Å²) in [6, 6.07) is 6.12. The van der Waals surface area contributed by atoms with Gasteiger partial charge in [-0.2, -0.15) is 0 Å². The van der Waals surface area contributed by atoms with Crippen LogP contribution in [0.4, 0.5) is 14.6 Å². The van der Waals surface area contributed by atoms with Gasteiger partial charge in [-0.1, -0.05) is 6.92 Å². The number of nitrogens with zero attached hydrogens (tertiary/aromatic N) is 6. The number of likely N-dealkylation sites (tertiary alicyclic amines) is 1. The van der Waals surface area contributed by atoms with E-state index in [9.17, 15) is 32.8 Å². The minimum Gasteiger partial charge on any atom is -0.355 e. The number of hydrogen-bond donors (Lipinski definition) is 2. The van der Waals surface area contributed by atoms with E-state index in [4.69, 9.17) is 0 Å². The number of aromatic amines is 1. The molecule has 1 aliphatic rings. The molecule has 0 saturated carbocycles. The molecule has 4 heterocycles. The van der Waals surface area contributed by atoms with Crippen molar-refractivity contribution < 1.29 is 23.2 Å². The Morgan fingerprint density at radius 3 is 2.51 bits per heavy atom. The lowest BCUT2D eigenvalue weighted by Gasteiger charge is -2.28. The van der Waals surface area contributed by atoms with Gasteiger partial charge < -0.3 is 15.2 Å². The molecule has 4 aromatic rings. The molecule has 3 amide bonds. The number of piperidine rings is 1. The number of rotatable bonds is 12. The van der Waals surface area contributed by atoms with Crippen LogP contribution in [0.2, 0.25) is 0 Å². The van der Waals surface area contributed by atoms with Gasteiger partial charge in [0.1, 0.15) is 17.2 Å². The number of imidazole rings is 1. The molecule has 2 N–H and O–H groups in total. The van der Waals surface area contributed by atoms with E-state index in [-0.39, 0.29) is 59.8 Å². The average Bonchev–Trinajstić information content (AvgIpc) is 3.50. The number of carbonyl (C=O) groups is 3. The highest BCUT2D eigenvalue weighted by Gasteiger charge is 2.23. The standard InChI is InChI=1S/C32H36F2N8O5/c1-3-13-41-29-27(31(46)42(32(41)47)17-12-35-20(2)43)37-28(38-29)22-9-11-25(36-19-22)40(16-6-15-39-14-5-4-7-26(39)44)30(45)21-8-10-23(33)24(34)18-21/h8-11,18-19H,3-7,12-17H2,1-2H3,(H,35,43)(H,37,38). The summed E-state index contributed by atoms with van der Waals surface area (Å²) in [5.41, 5.74) is -0.435. The SMILES string of the molecule is CCCn1c(=O)n(CCNC(C)=O)c(=O)c2[nH]c(-c3ccc(N(CCCN4CCCCC4=O)C(=O)c4ccc(F)c(F)c4)nc3)nc21. The number of amides is 3. The number of aromatic nitrogens is 5. The zero-order chi connectivity index (χ0) is 33.7. The second-order valence-electron chi connectivity index (χ2n) is 11.3. The Balaban J connectivity index is 1.45. The maximum absolute atomic E-state index is 14.0. The van der Waals surface area contributed by atoms with Crippen LogP contribution >= 0.6 is 0 Å². The van der Waals surface area contributed by atoms with Crippen LogP contribution in [0.3, 0.4) is 0 Å². The summed E-state index contributed by atoms with van der Waals surface area (Å²) in [4.78, 5) is 78.7. The van der Waals surface area contributed by atoms with Crippen molar-refractivity contribution in [2.75, 3.05) is 31.1 Å². The molecule has 0 unspecified atom stereocenters. The predicted octanol–water partition coefficient (Wildman–Crippen LogP) is 2.82. The fraction of sp³-hybridized carbons (Fsp3) is 0.406. The summed E-state index contributed by atoms with van der Waals surface area (Å²) in [6.07, 6.45) is 4.73. The third-order valence-electron chi connectivity index (χ3n) is 7.96. The van der Waals surface area contributed by atoms with E-state index < -0.39 is 28.8 Å². The molecule has 15 heteroatoms. The molecular formula is C32H36F2N8O5. The van der Waals surface area contributed by atoms with E-state index in [2.05, 4.69) is 20.3 Å². The Morgan fingerprint density at radius 2 is 1.83 bits per heavy atom. The summed E-state index contributed by atoms with van der Waals surface area (Å²) >= 11 is 0. The normalized spacial score (nSPS) is 13.3. The van der Waals surface area contributed by atoms with Gasteiger partial charge in [-0.15, -0.1) is 0 Å². The third-order valence-corrected chi connectivity index (χ3v) is 7.96. The van der Waals surface area contributed by atoms with E-state index in [1.165, 1.54) is 28.7 Å². The van der Waals surface area contributed by atoms with Crippen LogP contribution in [0.25, 0.3) is 22.6 Å². The van der Waals surface area contributed by atoms with E-state index in [1.807, 2.05) is 6.92 Å². The Bertz CT molecular complexity index is 1920. The number of pyridine rings is 1. The minimum absolute atomic E-state index is 0.0186. The minimum atomic E-state index is -1.15. The van der Waals surface area contributed by atoms with Gasteiger partial charge in [-0.3, -0.25) is 33.2 Å². The van der Waals surface area contributed by atoms with Crippen molar-refractivity contribution in [1.82, 2.24) is 34.3 Å². The highest BCUT2D eigenvalue weighted by atomic mass is 19.2. The van der Waals surface area contributed by atoms with Gasteiger partial charge in [-0.25, -0.2) is 23.5 Å². The van der Waals surface area contributed by atoms with Crippen LogP contribution in [-0.4, -0.2) is 72.9 Å². The fourth-order valence-electron chi connectivity index (χ4n) is 5.58. The molecule has 0 radical (unpaired) electrons. The maximum Gasteiger partial charge on any atom is 0.332 e. The van der Waals surface area contributed by atoms with Crippen molar-refractivity contribution in [2.24, 2.45) is 0 Å². The number of hydrogen-bond acceptors (Lipinski definition) is 7. The smallest absolute Gasteiger partial charge is 0.332 e. The average molecular weight is 651 g/mol. The van der Waals surface area contributed by atoms with Gasteiger partial charge in [0.2, 0.25) is 11.8 Å². The molecule has 47 heavy (non-hydrogen) atoms. The monoisotopic (exact) mass is 650 g/mol. The first-order valence-electron chi connectivity index (χ1n) is 15.6. The number of fused-ring (bicyclic) bond motifs is 1. The number of benzene rings is 1. The predicted molar refractivity (Wildman–Crippen MR) is 170 cm³/mol. The van der Waals surface area contributed by atoms with E-state index in [0.717, 1.165) is 29.5 Å². The van der Waals surface area contributed by atoms with E-state index >= 15 is 0 Å². The second kappa shape index (κ2) is 14.5. The van der Waals surface area contributed by atoms with Crippen molar-refractivity contribution in [1.29, 1.82) is 0 Å². The van der Waals surface area contributed by atoms with Crippen LogP contribution in [0.15, 0.2) is 46.1 Å². The number of aryl methyl sites for hydroxylation is 1. The molecule has 1 aromatic carbocycles. The van der Waals surface area contributed by atoms with Gasteiger partial charge in [-0.05, 0) is 56.0 Å². The summed E-state index contributed by atoms with van der Waals surface area (Å²) in [7, 11) is 0. The van der Waals surface area contributed by atoms with Gasteiger partial charge in [0.25, 0.3) is 11.5 Å². The summed E-state index contributed by atoms with van der Waals surface area (Å²) in [5, 5.41) is 2.59. The van der Waals surface area contributed by atoms with Crippen molar-refractivity contribution in [3.63, 3.8) is 0 Å². The molecule has 1 aliphatic heterocycles. The highest BCUT2D eigenvalue weighted by molar-refractivity contribution is 6.05. The van der Waals surface area contributed by atoms with Gasteiger partial charge in [0, 0.05) is 69.9 Å². The quantitative estimate of drug-likeness (QED) is 0.239. The second-order valence-corrected chi connectivity index (χ2v) is 11.3. The first-order chi connectivity index (χ1) is 22.6. The molecule has 0 aliphatic carbocycles. The molecule has 1 saturated heterocycles. The number of carbonyl (C=O) groups excluding carboxylic acids is 3. The first kappa shape index (κ1) is 33.2. The fourth-order valence-corrected chi connectivity index (χ4v) is 5.58. The number of H-pyrrole nitrogens is 1. The van der Waals surface area contributed by atoms with Crippen molar-refractivity contribution >= 4 is 34.7 Å². The third kappa shape index (κ3) is 7.28. The molecule has 5 rings (SSSR count). The van der Waals surface area contributed by atoms with Crippen LogP contribution in [0.1, 0.15) is 56.3 Å². The van der Waals surface area contributed by atoms with Crippen molar-refractivity contribution in [2.45, 2.75) is 59.0 Å². The van der Waals surface area contributed by atoms with E-state index in [0.29, 0.717) is 44.5 Å². The lowest BCUT2D eigenvalue weighted by Crippen LogP contribution is -2.42. The Morgan fingerprint density at radius 1 is 1.02 bits per heavy atom. The maximum atomic E-state index is 14.0. The molecule has 248 valence electrons. The lowest BCUT2D eigenvalue weighted by atomic mass is 10.1. The topological polar surface area (TPSA) is 155 Å². The largest absolute Gasteiger partial charge is 0.355 e. The summed E-state index contributed by atoms with van der Waals surface area (Å²) in [5.74, 6) is -2.55. The summed E-state index contributed by atoms with van der Waals surface area (Å²) < 4.78 is 30.1. The van der Waals surface area contributed by atoms with E-state index in [1.54, 1.807) is 17.0 Å². The number of nitrogens with one attached hydrogen (secondary N) is 2. The Labute approximate surface area is 268 Å². The van der Waals surface area contributed by atoms with Crippen molar-refractivity contribution in [3.8, 4) is 11.4 Å². The molecule has 3 aromatic heterocycles. The Hall–Kier alpha value is -5.21. The van der Waals surface area contributed by atoms with Gasteiger partial charge in [0.05, 0.1) is 0 Å². The van der Waals surface area contributed by atoms with Crippen LogP contribution < -0.4 is 21.5 Å². The lowest BCUT2D eigenvalue weighted by molar-refractivity contribution is -0.133. The van der Waals surface area contributed by atoms with Gasteiger partial charge in [0.15, 0.2) is 17.3 Å². The Kier molecular flexibility index (Phi) is 10.2. The van der Waals surface area contributed by atoms with Crippen LogP contribution in [-0.2, 0) is 22.7 Å². The van der Waals surface area contributed by atoms with Gasteiger partial charge >= 0.3 is 5.69 Å². The highest BCUT2D eigenvalue weighted by Crippen LogP contribution is 2.23. The molecule has 0 bridgehead atoms. The summed E-state index contributed by atoms with van der Waals surface area (Å²) in [6.45, 7) is 4.85. The zero-order valence-electron chi connectivity index (χ0n) is 26.2. The molecule has 0 atom stereocenters. The molecule has 0 spiro atoms. The van der Waals surface area contributed by atoms with Crippen LogP contribution in [0, 0.1) is 11.6 Å². The van der Waals surface area contributed by atoms with Crippen molar-refractivity contribution in [3.05, 3.63) is 74.6 Å². The first-order valence-corrected chi connectivity index (χ1v) is 15.6. The van der Waals surface area contributed by atoms with Crippen LogP contribution in [0.5, 0.6) is 0 Å². The molecule has 1 fully saturated rings. The molecular weight excluding hydrogens is 614 g/mol.